The third-order valence-electron chi connectivity index (χ3n) is 10.5. The first-order valence-corrected chi connectivity index (χ1v) is 27.6. The van der Waals surface area contributed by atoms with Gasteiger partial charge >= 0.3 is 0 Å². The minimum Gasteiger partial charge on any atom is -0.361 e. The molecule has 0 radical (unpaired) electrons. The molecule has 3 heterocycles. The summed E-state index contributed by atoms with van der Waals surface area (Å²) < 4.78 is 43.3. The second-order valence-electron chi connectivity index (χ2n) is 14.4. The Bertz CT molecular complexity index is 2710. The molecule has 4 aromatic carbocycles. The monoisotopic (exact) mass is 1480 g/mol. The normalized spacial score (nSPS) is 13.6. The van der Waals surface area contributed by atoms with Crippen molar-refractivity contribution in [1.29, 1.82) is 0 Å². The van der Waals surface area contributed by atoms with Gasteiger partial charge in [-0.25, -0.2) is 13.2 Å². The van der Waals surface area contributed by atoms with E-state index in [0.717, 1.165) is 98.2 Å². The maximum absolute atomic E-state index is 13.8. The van der Waals surface area contributed by atoms with Crippen LogP contribution < -0.4 is 0 Å². The molecule has 336 valence electrons. The molecule has 7 aromatic rings. The minimum atomic E-state index is -0.363. The molecule has 3 aliphatic carbocycles. The van der Waals surface area contributed by atoms with E-state index in [-0.39, 0.29) is 42.2 Å². The molecule has 63 heavy (non-hydrogen) atoms. The molecule has 10 rings (SSSR count). The summed E-state index contributed by atoms with van der Waals surface area (Å²) >= 11 is 14.9. The largest absolute Gasteiger partial charge is 0.361 e. The number of rotatable bonds is 1. The molecule has 0 aliphatic heterocycles. The number of Topliss-reactive ketones (excluding diaryl/α,β-unsaturated/α-hetero) is 3. The van der Waals surface area contributed by atoms with Crippen molar-refractivity contribution in [3.05, 3.63) is 128 Å². The summed E-state index contributed by atoms with van der Waals surface area (Å²) in [4.78, 5) is 45.3. The van der Waals surface area contributed by atoms with E-state index in [9.17, 15) is 27.6 Å². The summed E-state index contributed by atoms with van der Waals surface area (Å²) in [6.45, 7) is 6.05. The van der Waals surface area contributed by atoms with E-state index in [2.05, 4.69) is 175 Å². The highest BCUT2D eigenvalue weighted by molar-refractivity contribution is 14.3. The molecule has 0 saturated heterocycles. The van der Waals surface area contributed by atoms with E-state index in [1.54, 1.807) is 0 Å². The Labute approximate surface area is 443 Å². The number of H-pyrrole nitrogens is 3. The Morgan fingerprint density at radius 1 is 0.619 bits per heavy atom. The number of aromatic nitrogens is 3. The zero-order valence-electron chi connectivity index (χ0n) is 34.1. The Balaban J connectivity index is 0.000000191. The summed E-state index contributed by atoms with van der Waals surface area (Å²) in [7, 11) is 0. The highest BCUT2D eigenvalue weighted by atomic mass is 127. The fourth-order valence-electron chi connectivity index (χ4n) is 8.01. The number of halogens is 9. The van der Waals surface area contributed by atoms with Gasteiger partial charge in [0.15, 0.2) is 17.3 Å². The molecule has 3 N–H and O–H groups in total. The van der Waals surface area contributed by atoms with Crippen LogP contribution in [0, 0.1) is 24.4 Å². The van der Waals surface area contributed by atoms with Crippen LogP contribution in [-0.2, 0) is 19.3 Å². The van der Waals surface area contributed by atoms with Gasteiger partial charge in [0, 0.05) is 75.0 Å². The summed E-state index contributed by atoms with van der Waals surface area (Å²) in [6, 6.07) is 16.7. The van der Waals surface area contributed by atoms with Crippen molar-refractivity contribution in [3.63, 3.8) is 0 Å². The first-order chi connectivity index (χ1) is 29.7. The van der Waals surface area contributed by atoms with Gasteiger partial charge in [0.2, 0.25) is 0 Å². The summed E-state index contributed by atoms with van der Waals surface area (Å²) in [5, 5.41) is 2.70. The molecule has 0 atom stereocenters. The van der Waals surface area contributed by atoms with Crippen molar-refractivity contribution in [2.45, 2.75) is 85.9 Å². The van der Waals surface area contributed by atoms with Crippen LogP contribution in [0.1, 0.15) is 113 Å². The van der Waals surface area contributed by atoms with Crippen LogP contribution in [0.25, 0.3) is 44.0 Å². The number of ketones is 3. The fraction of sp³-hybridized carbons (Fsp3) is 0.312. The first kappa shape index (κ1) is 54.0. The fourth-order valence-corrected chi connectivity index (χ4v) is 8.62. The number of aryl methyl sites for hydroxylation is 4. The number of benzene rings is 4. The lowest BCUT2D eigenvalue weighted by Gasteiger charge is -2.04. The predicted octanol–water partition coefficient (Wildman–Crippen LogP) is 17.3. The molecule has 0 saturated carbocycles. The van der Waals surface area contributed by atoms with Gasteiger partial charge in [0.05, 0.1) is 12.6 Å². The zero-order chi connectivity index (χ0) is 45.2. The molecule has 0 fully saturated rings. The van der Waals surface area contributed by atoms with Crippen molar-refractivity contribution < 1.29 is 27.6 Å². The van der Waals surface area contributed by atoms with E-state index in [4.69, 9.17) is 0 Å². The van der Waals surface area contributed by atoms with Crippen LogP contribution in [-0.4, -0.2) is 34.7 Å². The first-order valence-electron chi connectivity index (χ1n) is 20.0. The summed E-state index contributed by atoms with van der Waals surface area (Å²) in [5.41, 5.74) is 10.4. The number of carbonyl (C=O) groups is 3. The average Bonchev–Trinajstić information content (AvgIpc) is 3.77. The standard InChI is InChI=1S/C19H16FNO.C12H9BrFNO.C12H10FNO.C2H6.CHI3.CH2I2.CH4/c1-11-5-7-12(8-6-11)19-14-3-2-4-17(22)15-9-13(20)10-16(21-19)18(14)15;13-12-7-2-1-3-10(16)8-4-6(14)5-9(15-12)11(7)8;13-8-4-9-11(15)3-1-2-7-6-14-10(5-8)12(7)9;1-2;2-1(3)4;2-1-3;/h5-10,21H,2-4H2,1H3;4-5,15H,1-3H2;4-6,14H,1-3H2;1-2H3;1H;1H2;1H4. The van der Waals surface area contributed by atoms with Gasteiger partial charge in [-0.3, -0.25) is 14.4 Å². The molecule has 0 unspecified atom stereocenters. The zero-order valence-corrected chi connectivity index (χ0v) is 46.5. The average molecular weight is 1490 g/mol. The predicted molar refractivity (Wildman–Crippen MR) is 301 cm³/mol. The maximum Gasteiger partial charge on any atom is 0.163 e. The van der Waals surface area contributed by atoms with Crippen molar-refractivity contribution in [2.75, 3.05) is 2.43 Å². The molecule has 0 amide bonds. The lowest BCUT2D eigenvalue weighted by molar-refractivity contribution is 0.0974. The number of nitrogens with one attached hydrogen (secondary N) is 3. The third-order valence-corrected chi connectivity index (χ3v) is 11.1. The highest BCUT2D eigenvalue weighted by Gasteiger charge is 2.25. The van der Waals surface area contributed by atoms with Crippen molar-refractivity contribution in [1.82, 2.24) is 15.0 Å². The Kier molecular flexibility index (Phi) is 21.9. The number of alkyl halides is 5. The number of aromatic amines is 3. The topological polar surface area (TPSA) is 98.6 Å². The number of carbonyl (C=O) groups excluding carboxylic acids is 3. The molecular formula is C48H48BrF3I5N3O3. The Morgan fingerprint density at radius 2 is 1.03 bits per heavy atom. The van der Waals surface area contributed by atoms with Crippen LogP contribution in [0.4, 0.5) is 13.2 Å². The van der Waals surface area contributed by atoms with Gasteiger partial charge < -0.3 is 15.0 Å². The van der Waals surface area contributed by atoms with Gasteiger partial charge in [0.1, 0.15) is 17.4 Å². The van der Waals surface area contributed by atoms with Gasteiger partial charge in [-0.05, 0) is 120 Å². The van der Waals surface area contributed by atoms with Gasteiger partial charge in [-0.2, -0.15) is 0 Å². The summed E-state index contributed by atoms with van der Waals surface area (Å²) in [6.07, 6.45) is 8.45. The highest BCUT2D eigenvalue weighted by Crippen LogP contribution is 2.38. The van der Waals surface area contributed by atoms with Crippen LogP contribution in [0.2, 0.25) is 0 Å². The van der Waals surface area contributed by atoms with Crippen LogP contribution in [0.5, 0.6) is 0 Å². The van der Waals surface area contributed by atoms with Crippen molar-refractivity contribution in [3.8, 4) is 11.3 Å². The van der Waals surface area contributed by atoms with E-state index in [1.807, 2.05) is 20.0 Å². The molecule has 3 aliphatic rings. The van der Waals surface area contributed by atoms with Crippen LogP contribution in [0.3, 0.4) is 0 Å². The quantitative estimate of drug-likeness (QED) is 0.113. The van der Waals surface area contributed by atoms with Crippen LogP contribution in [0.15, 0.2) is 71.5 Å². The third kappa shape index (κ3) is 13.5. The van der Waals surface area contributed by atoms with Crippen molar-refractivity contribution in [2.24, 2.45) is 0 Å². The van der Waals surface area contributed by atoms with Gasteiger partial charge in [0.25, 0.3) is 0 Å². The number of hydrogen-bond acceptors (Lipinski definition) is 3. The van der Waals surface area contributed by atoms with E-state index < -0.39 is 0 Å². The van der Waals surface area contributed by atoms with Crippen molar-refractivity contribution >= 4 is 179 Å². The van der Waals surface area contributed by atoms with E-state index in [1.165, 1.54) is 44.4 Å². The number of hydrogen-bond donors (Lipinski definition) is 3. The summed E-state index contributed by atoms with van der Waals surface area (Å²) in [5.74, 6) is -0.939. The smallest absolute Gasteiger partial charge is 0.163 e. The molecule has 15 heteroatoms. The molecule has 6 nitrogen and oxygen atoms in total. The molecular weight excluding hydrogens is 1440 g/mol. The minimum absolute atomic E-state index is 0. The maximum atomic E-state index is 13.8. The van der Waals surface area contributed by atoms with Crippen LogP contribution >= 0.6 is 129 Å². The van der Waals surface area contributed by atoms with Gasteiger partial charge in [-0.1, -0.05) is 164 Å². The van der Waals surface area contributed by atoms with E-state index in [0.29, 0.717) is 41.5 Å². The Hall–Kier alpha value is -1.57. The lowest BCUT2D eigenvalue weighted by Crippen LogP contribution is -1.98. The Morgan fingerprint density at radius 3 is 1.54 bits per heavy atom. The molecule has 3 aromatic heterocycles. The van der Waals surface area contributed by atoms with E-state index >= 15 is 0 Å². The molecule has 0 spiro atoms. The second kappa shape index (κ2) is 25.5. The second-order valence-corrected chi connectivity index (χ2v) is 30.5. The molecule has 0 bridgehead atoms. The lowest BCUT2D eigenvalue weighted by atomic mass is 10.00. The van der Waals surface area contributed by atoms with Gasteiger partial charge in [-0.15, -0.1) is 0 Å². The SMILES string of the molecule is C.CC.Cc1ccc(-c2[nH]c3cc(F)cc4c3c2CCCC4=O)cc1.IC(I)I.ICI.O=C1CCCc2c(Br)[nH]c3cc(F)cc1c23.O=C1CCCc2c[nH]c3cc(F)cc1c23.